The third-order valence-electron chi connectivity index (χ3n) is 2.00. The van der Waals surface area contributed by atoms with Crippen LogP contribution in [0.5, 0.6) is 0 Å². The molecule has 1 heterocycles. The molecule has 0 aliphatic rings. The monoisotopic (exact) mass is 395 g/mol. The van der Waals surface area contributed by atoms with Crippen LogP contribution < -0.4 is 0 Å². The number of fused-ring (bicyclic) bond motifs is 1. The molecule has 13 heavy (non-hydrogen) atoms. The zero-order chi connectivity index (χ0) is 9.42. The highest BCUT2D eigenvalue weighted by Crippen LogP contribution is 2.24. The lowest BCUT2D eigenvalue weighted by Crippen LogP contribution is -1.92. The van der Waals surface area contributed by atoms with Crippen molar-refractivity contribution < 1.29 is 0 Å². The Bertz CT molecular complexity index is 466. The summed E-state index contributed by atoms with van der Waals surface area (Å²) in [6.07, 6.45) is 0. The Balaban J connectivity index is 2.94. The van der Waals surface area contributed by atoms with Crippen molar-refractivity contribution in [2.24, 2.45) is 0 Å². The molecule has 1 aromatic carbocycles. The molecule has 2 aromatic rings. The number of nitrogens with zero attached hydrogens (tertiary/aromatic N) is 1. The second kappa shape index (κ2) is 3.68. The lowest BCUT2D eigenvalue weighted by molar-refractivity contribution is 1.25. The van der Waals surface area contributed by atoms with Crippen LogP contribution in [0.25, 0.3) is 10.9 Å². The molecule has 0 atom stereocenters. The summed E-state index contributed by atoms with van der Waals surface area (Å²) < 4.78 is 2.41. The lowest BCUT2D eigenvalue weighted by atomic mass is 10.2. The molecule has 1 aromatic heterocycles. The number of hydrogen-bond acceptors (Lipinski definition) is 1. The Hall–Kier alpha value is 0.0900. The molecule has 0 unspecified atom stereocenters. The molecule has 0 fully saturated rings. The molecule has 0 bridgehead atoms. The zero-order valence-corrected chi connectivity index (χ0v) is 11.3. The third kappa shape index (κ3) is 1.68. The highest BCUT2D eigenvalue weighted by molar-refractivity contribution is 14.1. The van der Waals surface area contributed by atoms with Crippen LogP contribution in [0.1, 0.15) is 5.56 Å². The van der Waals surface area contributed by atoms with Crippen LogP contribution in [0.2, 0.25) is 0 Å². The normalized spacial score (nSPS) is 10.7. The molecule has 0 radical (unpaired) electrons. The summed E-state index contributed by atoms with van der Waals surface area (Å²) in [7, 11) is 0. The molecule has 0 aliphatic heterocycles. The highest BCUT2D eigenvalue weighted by atomic mass is 127. The number of para-hydroxylation sites is 1. The first-order valence-electron chi connectivity index (χ1n) is 3.90. The van der Waals surface area contributed by atoms with E-state index >= 15 is 0 Å². The number of benzene rings is 1. The summed E-state index contributed by atoms with van der Waals surface area (Å²) in [6, 6.07) is 8.25. The van der Waals surface area contributed by atoms with E-state index in [9.17, 15) is 0 Å². The van der Waals surface area contributed by atoms with E-state index in [-0.39, 0.29) is 0 Å². The fourth-order valence-electron chi connectivity index (χ4n) is 1.24. The minimum atomic E-state index is 1.09. The Morgan fingerprint density at radius 1 is 1.15 bits per heavy atom. The summed E-state index contributed by atoms with van der Waals surface area (Å²) in [5.41, 5.74) is 2.36. The molecular formula is C10H7I2N. The van der Waals surface area contributed by atoms with Gasteiger partial charge >= 0.3 is 0 Å². The maximum absolute atomic E-state index is 4.52. The number of pyridine rings is 1. The minimum absolute atomic E-state index is 1.09. The lowest BCUT2D eigenvalue weighted by Gasteiger charge is -2.05. The van der Waals surface area contributed by atoms with Gasteiger partial charge in [-0.3, -0.25) is 0 Å². The SMILES string of the molecule is Cc1c(I)nc2ccccc2c1I. The number of hydrogen-bond donors (Lipinski definition) is 0. The second-order valence-electron chi connectivity index (χ2n) is 2.86. The van der Waals surface area contributed by atoms with Gasteiger partial charge in [-0.15, -0.1) is 0 Å². The molecule has 3 heteroatoms. The van der Waals surface area contributed by atoms with Gasteiger partial charge in [0, 0.05) is 8.96 Å². The van der Waals surface area contributed by atoms with E-state index in [2.05, 4.69) is 75.3 Å². The molecule has 0 saturated carbocycles. The summed E-state index contributed by atoms with van der Waals surface area (Å²) in [5.74, 6) is 0. The number of halogens is 2. The van der Waals surface area contributed by atoms with Crippen molar-refractivity contribution in [2.75, 3.05) is 0 Å². The van der Waals surface area contributed by atoms with Gasteiger partial charge in [0.15, 0.2) is 0 Å². The Kier molecular flexibility index (Phi) is 2.73. The summed E-state index contributed by atoms with van der Waals surface area (Å²) in [6.45, 7) is 2.11. The van der Waals surface area contributed by atoms with Crippen LogP contribution in [0.3, 0.4) is 0 Å². The Labute approximate surface area is 104 Å². The van der Waals surface area contributed by atoms with E-state index in [1.165, 1.54) is 14.5 Å². The van der Waals surface area contributed by atoms with Gasteiger partial charge in [-0.1, -0.05) is 18.2 Å². The van der Waals surface area contributed by atoms with Crippen LogP contribution >= 0.6 is 45.2 Å². The topological polar surface area (TPSA) is 12.9 Å². The summed E-state index contributed by atoms with van der Waals surface area (Å²) in [4.78, 5) is 4.52. The minimum Gasteiger partial charge on any atom is -0.242 e. The van der Waals surface area contributed by atoms with Crippen molar-refractivity contribution in [3.05, 3.63) is 37.1 Å². The number of aromatic nitrogens is 1. The van der Waals surface area contributed by atoms with Crippen molar-refractivity contribution in [3.8, 4) is 0 Å². The standard InChI is InChI=1S/C10H7I2N/c1-6-9(11)7-4-2-3-5-8(7)13-10(6)12/h2-5H,1H3. The first-order valence-corrected chi connectivity index (χ1v) is 6.06. The predicted molar refractivity (Wildman–Crippen MR) is 71.9 cm³/mol. The van der Waals surface area contributed by atoms with Gasteiger partial charge in [-0.25, -0.2) is 4.98 Å². The van der Waals surface area contributed by atoms with E-state index in [0.29, 0.717) is 0 Å². The van der Waals surface area contributed by atoms with E-state index in [0.717, 1.165) is 9.22 Å². The average Bonchev–Trinajstić information content (AvgIpc) is 2.15. The van der Waals surface area contributed by atoms with Gasteiger partial charge in [0.05, 0.1) is 5.52 Å². The molecule has 1 nitrogen and oxygen atoms in total. The van der Waals surface area contributed by atoms with E-state index in [1.807, 2.05) is 6.07 Å². The Morgan fingerprint density at radius 3 is 2.62 bits per heavy atom. The van der Waals surface area contributed by atoms with Gasteiger partial charge in [0.25, 0.3) is 0 Å². The van der Waals surface area contributed by atoms with Crippen molar-refractivity contribution in [1.82, 2.24) is 4.98 Å². The maximum Gasteiger partial charge on any atom is 0.106 e. The Morgan fingerprint density at radius 2 is 1.85 bits per heavy atom. The number of rotatable bonds is 0. The molecule has 0 aliphatic carbocycles. The van der Waals surface area contributed by atoms with E-state index in [4.69, 9.17) is 0 Å². The van der Waals surface area contributed by atoms with Crippen LogP contribution in [-0.4, -0.2) is 4.98 Å². The fourth-order valence-corrected chi connectivity index (χ4v) is 3.00. The van der Waals surface area contributed by atoms with Gasteiger partial charge in [-0.05, 0) is 63.7 Å². The molecule has 0 amide bonds. The smallest absolute Gasteiger partial charge is 0.106 e. The van der Waals surface area contributed by atoms with Crippen molar-refractivity contribution >= 4 is 56.1 Å². The van der Waals surface area contributed by atoms with Gasteiger partial charge < -0.3 is 0 Å². The van der Waals surface area contributed by atoms with Gasteiger partial charge in [0.1, 0.15) is 3.70 Å². The van der Waals surface area contributed by atoms with Gasteiger partial charge in [-0.2, -0.15) is 0 Å². The quantitative estimate of drug-likeness (QED) is 0.490. The first kappa shape index (κ1) is 9.64. The molecule has 2 rings (SSSR count). The van der Waals surface area contributed by atoms with Crippen LogP contribution in [0, 0.1) is 14.2 Å². The summed E-state index contributed by atoms with van der Waals surface area (Å²) >= 11 is 4.67. The second-order valence-corrected chi connectivity index (χ2v) is 4.96. The molecule has 0 spiro atoms. The van der Waals surface area contributed by atoms with Crippen molar-refractivity contribution in [1.29, 1.82) is 0 Å². The van der Waals surface area contributed by atoms with Gasteiger partial charge in [0.2, 0.25) is 0 Å². The first-order chi connectivity index (χ1) is 6.20. The largest absolute Gasteiger partial charge is 0.242 e. The van der Waals surface area contributed by atoms with Crippen LogP contribution in [-0.2, 0) is 0 Å². The fraction of sp³-hybridized carbons (Fsp3) is 0.100. The molecule has 66 valence electrons. The maximum atomic E-state index is 4.52. The molecular weight excluding hydrogens is 388 g/mol. The van der Waals surface area contributed by atoms with E-state index in [1.54, 1.807) is 0 Å². The average molecular weight is 395 g/mol. The van der Waals surface area contributed by atoms with Crippen molar-refractivity contribution in [3.63, 3.8) is 0 Å². The van der Waals surface area contributed by atoms with Crippen molar-refractivity contribution in [2.45, 2.75) is 6.92 Å². The van der Waals surface area contributed by atoms with Crippen LogP contribution in [0.4, 0.5) is 0 Å². The van der Waals surface area contributed by atoms with E-state index < -0.39 is 0 Å². The third-order valence-corrected chi connectivity index (χ3v) is 4.44. The molecule has 0 saturated heterocycles. The predicted octanol–water partition coefficient (Wildman–Crippen LogP) is 3.75. The molecule has 0 N–H and O–H groups in total. The summed E-state index contributed by atoms with van der Waals surface area (Å²) in [5, 5.41) is 1.25. The zero-order valence-electron chi connectivity index (χ0n) is 7.01. The highest BCUT2D eigenvalue weighted by Gasteiger charge is 2.05. The van der Waals surface area contributed by atoms with Crippen LogP contribution in [0.15, 0.2) is 24.3 Å².